The fourth-order valence-electron chi connectivity index (χ4n) is 0.996. The lowest BCUT2D eigenvalue weighted by Gasteiger charge is -2.08. The van der Waals surface area contributed by atoms with Crippen molar-refractivity contribution in [3.63, 3.8) is 0 Å². The minimum atomic E-state index is -4.55. The molecule has 1 amide bonds. The maximum atomic E-state index is 12.5. The number of benzene rings is 1. The zero-order chi connectivity index (χ0) is 12.3. The van der Waals surface area contributed by atoms with Crippen molar-refractivity contribution in [2.24, 2.45) is 5.73 Å². The lowest BCUT2D eigenvalue weighted by molar-refractivity contribution is -0.137. The number of alkyl halides is 3. The lowest BCUT2D eigenvalue weighted by Crippen LogP contribution is -2.09. The molecule has 0 unspecified atom stereocenters. The molecular formula is C10H5ClF3NO. The Kier molecular flexibility index (Phi) is 3.45. The van der Waals surface area contributed by atoms with E-state index in [0.29, 0.717) is 0 Å². The minimum absolute atomic E-state index is 0.0989. The van der Waals surface area contributed by atoms with Gasteiger partial charge in [-0.05, 0) is 24.1 Å². The summed E-state index contributed by atoms with van der Waals surface area (Å²) in [5.41, 5.74) is 3.38. The molecule has 0 heterocycles. The van der Waals surface area contributed by atoms with Crippen LogP contribution < -0.4 is 5.73 Å². The third-order valence-electron chi connectivity index (χ3n) is 1.61. The first-order chi connectivity index (χ1) is 7.30. The van der Waals surface area contributed by atoms with Gasteiger partial charge in [0.05, 0.1) is 5.56 Å². The van der Waals surface area contributed by atoms with E-state index in [1.165, 1.54) is 0 Å². The second-order valence-electron chi connectivity index (χ2n) is 2.80. The van der Waals surface area contributed by atoms with E-state index >= 15 is 0 Å². The molecule has 0 bridgehead atoms. The molecule has 0 saturated heterocycles. The number of hydrogen-bond acceptors (Lipinski definition) is 1. The summed E-state index contributed by atoms with van der Waals surface area (Å²) in [4.78, 5) is 10.4. The molecule has 0 fully saturated rings. The lowest BCUT2D eigenvalue weighted by atomic mass is 10.1. The second-order valence-corrected chi connectivity index (χ2v) is 3.24. The predicted octanol–water partition coefficient (Wildman–Crippen LogP) is 2.20. The molecule has 6 heteroatoms. The van der Waals surface area contributed by atoms with Crippen LogP contribution in [0.5, 0.6) is 0 Å². The first-order valence-electron chi connectivity index (χ1n) is 3.99. The van der Waals surface area contributed by atoms with Crippen molar-refractivity contribution >= 4 is 17.5 Å². The van der Waals surface area contributed by atoms with Crippen LogP contribution in [0.15, 0.2) is 18.2 Å². The van der Waals surface area contributed by atoms with E-state index in [1.54, 1.807) is 0 Å². The summed E-state index contributed by atoms with van der Waals surface area (Å²) >= 11 is 5.53. The van der Waals surface area contributed by atoms with Crippen LogP contribution in [0, 0.1) is 11.8 Å². The Bertz CT molecular complexity index is 485. The van der Waals surface area contributed by atoms with Crippen LogP contribution in [0.1, 0.15) is 11.1 Å². The molecule has 0 atom stereocenters. The molecule has 0 aromatic heterocycles. The summed E-state index contributed by atoms with van der Waals surface area (Å²) in [6.45, 7) is 0. The van der Waals surface area contributed by atoms with Gasteiger partial charge in [0.15, 0.2) is 0 Å². The zero-order valence-electron chi connectivity index (χ0n) is 7.73. The molecule has 2 N–H and O–H groups in total. The number of rotatable bonds is 0. The molecule has 1 aromatic carbocycles. The summed E-state index contributed by atoms with van der Waals surface area (Å²) < 4.78 is 37.4. The smallest absolute Gasteiger partial charge is 0.359 e. The average molecular weight is 248 g/mol. The Balaban J connectivity index is 3.31. The summed E-state index contributed by atoms with van der Waals surface area (Å²) in [6.07, 6.45) is -4.55. The number of carbonyl (C=O) groups excluding carboxylic acids is 1. The van der Waals surface area contributed by atoms with Gasteiger partial charge in [0.2, 0.25) is 0 Å². The van der Waals surface area contributed by atoms with Gasteiger partial charge >= 0.3 is 6.18 Å². The normalized spacial score (nSPS) is 10.5. The number of nitrogens with two attached hydrogens (primary N) is 1. The van der Waals surface area contributed by atoms with Crippen LogP contribution in [0.4, 0.5) is 13.2 Å². The van der Waals surface area contributed by atoms with Gasteiger partial charge in [-0.2, -0.15) is 13.2 Å². The van der Waals surface area contributed by atoms with E-state index in [1.807, 2.05) is 11.8 Å². The third-order valence-corrected chi connectivity index (χ3v) is 1.84. The highest BCUT2D eigenvalue weighted by Crippen LogP contribution is 2.32. The van der Waals surface area contributed by atoms with Crippen LogP contribution in [-0.4, -0.2) is 5.91 Å². The third kappa shape index (κ3) is 3.17. The summed E-state index contributed by atoms with van der Waals surface area (Å²) in [5, 5.41) is 0.0989. The van der Waals surface area contributed by atoms with Crippen molar-refractivity contribution in [3.8, 4) is 11.8 Å². The van der Waals surface area contributed by atoms with E-state index in [2.05, 4.69) is 0 Å². The van der Waals surface area contributed by atoms with Crippen molar-refractivity contribution in [1.29, 1.82) is 0 Å². The van der Waals surface area contributed by atoms with Crippen LogP contribution >= 0.6 is 11.6 Å². The molecule has 84 valence electrons. The molecule has 0 saturated carbocycles. The number of hydrogen-bond donors (Lipinski definition) is 1. The van der Waals surface area contributed by atoms with Crippen molar-refractivity contribution in [2.75, 3.05) is 0 Å². The van der Waals surface area contributed by atoms with Gasteiger partial charge in [-0.25, -0.2) is 0 Å². The highest BCUT2D eigenvalue weighted by molar-refractivity contribution is 6.30. The second kappa shape index (κ2) is 4.45. The summed E-state index contributed by atoms with van der Waals surface area (Å²) in [6, 6.07) is 2.92. The van der Waals surface area contributed by atoms with Gasteiger partial charge < -0.3 is 5.73 Å². The molecule has 0 aliphatic rings. The molecular weight excluding hydrogens is 243 g/mol. The number of halogens is 4. The van der Waals surface area contributed by atoms with Gasteiger partial charge in [0.1, 0.15) is 0 Å². The van der Waals surface area contributed by atoms with Crippen LogP contribution in [0.3, 0.4) is 0 Å². The van der Waals surface area contributed by atoms with E-state index in [9.17, 15) is 18.0 Å². The molecule has 0 aliphatic carbocycles. The van der Waals surface area contributed by atoms with Crippen molar-refractivity contribution in [2.45, 2.75) is 6.18 Å². The Morgan fingerprint density at radius 1 is 1.38 bits per heavy atom. The highest BCUT2D eigenvalue weighted by Gasteiger charge is 2.32. The fraction of sp³-hybridized carbons (Fsp3) is 0.100. The van der Waals surface area contributed by atoms with Gasteiger partial charge in [-0.15, -0.1) is 0 Å². The first kappa shape index (κ1) is 12.4. The Morgan fingerprint density at radius 2 is 2.00 bits per heavy atom. The fourth-order valence-corrected chi connectivity index (χ4v) is 1.17. The number of carbonyl (C=O) groups is 1. The molecule has 0 radical (unpaired) electrons. The van der Waals surface area contributed by atoms with Gasteiger partial charge in [-0.3, -0.25) is 4.79 Å². The van der Waals surface area contributed by atoms with Crippen LogP contribution in [0.25, 0.3) is 0 Å². The van der Waals surface area contributed by atoms with Gasteiger partial charge in [-0.1, -0.05) is 17.5 Å². The van der Waals surface area contributed by atoms with Crippen molar-refractivity contribution in [1.82, 2.24) is 0 Å². The zero-order valence-corrected chi connectivity index (χ0v) is 8.49. The topological polar surface area (TPSA) is 43.1 Å². The average Bonchev–Trinajstić information content (AvgIpc) is 2.12. The molecule has 0 aliphatic heterocycles. The largest absolute Gasteiger partial charge is 0.417 e. The number of amides is 1. The molecule has 0 spiro atoms. The van der Waals surface area contributed by atoms with Crippen molar-refractivity contribution in [3.05, 3.63) is 34.3 Å². The van der Waals surface area contributed by atoms with Crippen LogP contribution in [0.2, 0.25) is 5.02 Å². The summed E-state index contributed by atoms with van der Waals surface area (Å²) in [5.74, 6) is 2.86. The van der Waals surface area contributed by atoms with E-state index in [4.69, 9.17) is 17.3 Å². The van der Waals surface area contributed by atoms with E-state index < -0.39 is 17.6 Å². The first-order valence-corrected chi connectivity index (χ1v) is 4.36. The molecule has 1 aromatic rings. The van der Waals surface area contributed by atoms with Gasteiger partial charge in [0.25, 0.3) is 5.91 Å². The number of primary amides is 1. The Hall–Kier alpha value is -1.67. The standard InChI is InChI=1S/C10H5ClF3NO/c11-7-2-3-8(10(12,13)14)6(5-7)1-4-9(15)16/h2-3,5H,(H2,15,16). The Morgan fingerprint density at radius 3 is 2.50 bits per heavy atom. The van der Waals surface area contributed by atoms with Gasteiger partial charge in [0, 0.05) is 10.6 Å². The SMILES string of the molecule is NC(=O)C#Cc1cc(Cl)ccc1C(F)(F)F. The summed E-state index contributed by atoms with van der Waals surface area (Å²) in [7, 11) is 0. The predicted molar refractivity (Wildman–Crippen MR) is 52.5 cm³/mol. The maximum Gasteiger partial charge on any atom is 0.417 e. The van der Waals surface area contributed by atoms with E-state index in [0.717, 1.165) is 18.2 Å². The molecule has 2 nitrogen and oxygen atoms in total. The monoisotopic (exact) mass is 247 g/mol. The quantitative estimate of drug-likeness (QED) is 0.702. The molecule has 16 heavy (non-hydrogen) atoms. The molecule has 1 rings (SSSR count). The maximum absolute atomic E-state index is 12.5. The minimum Gasteiger partial charge on any atom is -0.359 e. The van der Waals surface area contributed by atoms with Crippen LogP contribution in [-0.2, 0) is 11.0 Å². The van der Waals surface area contributed by atoms with Crippen molar-refractivity contribution < 1.29 is 18.0 Å². The Labute approximate surface area is 94.2 Å². The van der Waals surface area contributed by atoms with E-state index in [-0.39, 0.29) is 10.6 Å². The highest BCUT2D eigenvalue weighted by atomic mass is 35.5.